The number of carbonyl (C=O) groups excluding carboxylic acids is 4. The van der Waals surface area contributed by atoms with E-state index in [1.165, 1.54) is 38.5 Å². The van der Waals surface area contributed by atoms with Crippen LogP contribution < -0.4 is 20.2 Å². The molecule has 1 aliphatic heterocycles. The molecule has 180 valence electrons. The lowest BCUT2D eigenvalue weighted by atomic mass is 10.1. The third-order valence-electron chi connectivity index (χ3n) is 4.89. The van der Waals surface area contributed by atoms with E-state index in [0.29, 0.717) is 16.5 Å². The lowest BCUT2D eigenvalue weighted by Gasteiger charge is -2.18. The summed E-state index contributed by atoms with van der Waals surface area (Å²) in [6.45, 7) is -0.678. The third kappa shape index (κ3) is 6.09. The molecule has 1 fully saturated rings. The Morgan fingerprint density at radius 3 is 2.50 bits per heavy atom. The van der Waals surface area contributed by atoms with Crippen molar-refractivity contribution in [2.75, 3.05) is 32.7 Å². The highest BCUT2D eigenvalue weighted by molar-refractivity contribution is 6.35. The van der Waals surface area contributed by atoms with Crippen LogP contribution in [-0.2, 0) is 19.1 Å². The van der Waals surface area contributed by atoms with Crippen LogP contribution in [0.3, 0.4) is 0 Å². The zero-order chi connectivity index (χ0) is 24.8. The Labute approximate surface area is 205 Å². The number of hydrogen-bond donors (Lipinski definition) is 2. The maximum Gasteiger partial charge on any atom is 0.311 e. The number of esters is 1. The van der Waals surface area contributed by atoms with Gasteiger partial charge in [0.25, 0.3) is 11.8 Å². The fourth-order valence-corrected chi connectivity index (χ4v) is 3.51. The maximum absolute atomic E-state index is 12.5. The molecule has 1 heterocycles. The van der Waals surface area contributed by atoms with Crippen LogP contribution in [-0.4, -0.2) is 56.1 Å². The highest BCUT2D eigenvalue weighted by atomic mass is 35.5. The van der Waals surface area contributed by atoms with Crippen molar-refractivity contribution in [3.05, 3.63) is 52.0 Å². The Morgan fingerprint density at radius 2 is 1.79 bits per heavy atom. The van der Waals surface area contributed by atoms with Crippen LogP contribution >= 0.6 is 23.2 Å². The van der Waals surface area contributed by atoms with Crippen LogP contribution in [0.25, 0.3) is 0 Å². The minimum absolute atomic E-state index is 0.0988. The molecule has 0 aromatic heterocycles. The SMILES string of the molecule is COc1ccc(C(=O)NN2C[C@H](C(=O)OCC(=O)Nc3cc(Cl)ccc3Cl)CC2=O)cc1OC. The number of nitrogens with one attached hydrogen (secondary N) is 2. The second-order valence-electron chi connectivity index (χ2n) is 7.20. The zero-order valence-corrected chi connectivity index (χ0v) is 19.7. The van der Waals surface area contributed by atoms with E-state index in [2.05, 4.69) is 10.7 Å². The van der Waals surface area contributed by atoms with Gasteiger partial charge >= 0.3 is 5.97 Å². The monoisotopic (exact) mass is 509 g/mol. The summed E-state index contributed by atoms with van der Waals surface area (Å²) < 4.78 is 15.3. The Kier molecular flexibility index (Phi) is 8.19. The number of hydrazine groups is 1. The molecule has 1 atom stereocenters. The minimum atomic E-state index is -0.847. The Balaban J connectivity index is 1.52. The van der Waals surface area contributed by atoms with Gasteiger partial charge in [-0.1, -0.05) is 23.2 Å². The molecule has 1 saturated heterocycles. The summed E-state index contributed by atoms with van der Waals surface area (Å²) in [7, 11) is 2.90. The minimum Gasteiger partial charge on any atom is -0.493 e. The van der Waals surface area contributed by atoms with E-state index in [-0.39, 0.29) is 29.2 Å². The topological polar surface area (TPSA) is 123 Å². The zero-order valence-electron chi connectivity index (χ0n) is 18.2. The van der Waals surface area contributed by atoms with Crippen molar-refractivity contribution in [3.63, 3.8) is 0 Å². The first-order valence-electron chi connectivity index (χ1n) is 9.96. The number of nitrogens with zero attached hydrogens (tertiary/aromatic N) is 1. The second-order valence-corrected chi connectivity index (χ2v) is 8.04. The molecule has 0 bridgehead atoms. The van der Waals surface area contributed by atoms with E-state index in [1.807, 2.05) is 0 Å². The van der Waals surface area contributed by atoms with Crippen LogP contribution in [0.15, 0.2) is 36.4 Å². The number of rotatable bonds is 8. The van der Waals surface area contributed by atoms with E-state index in [1.54, 1.807) is 12.1 Å². The summed E-state index contributed by atoms with van der Waals surface area (Å²) in [4.78, 5) is 49.3. The third-order valence-corrected chi connectivity index (χ3v) is 5.45. The molecule has 34 heavy (non-hydrogen) atoms. The molecule has 10 nitrogen and oxygen atoms in total. The predicted octanol–water partition coefficient (Wildman–Crippen LogP) is 2.69. The van der Waals surface area contributed by atoms with Gasteiger partial charge in [-0.3, -0.25) is 29.6 Å². The molecule has 0 saturated carbocycles. The second kappa shape index (κ2) is 11.1. The van der Waals surface area contributed by atoms with Crippen molar-refractivity contribution < 1.29 is 33.4 Å². The summed E-state index contributed by atoms with van der Waals surface area (Å²) in [6, 6.07) is 9.06. The van der Waals surface area contributed by atoms with Crippen LogP contribution in [0.4, 0.5) is 5.69 Å². The van der Waals surface area contributed by atoms with Crippen LogP contribution in [0, 0.1) is 5.92 Å². The van der Waals surface area contributed by atoms with Gasteiger partial charge in [-0.2, -0.15) is 0 Å². The highest BCUT2D eigenvalue weighted by Gasteiger charge is 2.36. The first kappa shape index (κ1) is 25.1. The van der Waals surface area contributed by atoms with Gasteiger partial charge in [-0.15, -0.1) is 0 Å². The summed E-state index contributed by atoms with van der Waals surface area (Å²) in [5.41, 5.74) is 2.96. The lowest BCUT2D eigenvalue weighted by molar-refractivity contribution is -0.151. The number of carbonyl (C=O) groups is 4. The normalized spacial score (nSPS) is 15.0. The molecule has 0 aliphatic carbocycles. The van der Waals surface area contributed by atoms with E-state index in [9.17, 15) is 19.2 Å². The summed E-state index contributed by atoms with van der Waals surface area (Å²) in [6.07, 6.45) is -0.174. The quantitative estimate of drug-likeness (QED) is 0.524. The van der Waals surface area contributed by atoms with Crippen LogP contribution in [0.5, 0.6) is 11.5 Å². The number of benzene rings is 2. The average molecular weight is 510 g/mol. The number of hydrogen-bond acceptors (Lipinski definition) is 7. The molecule has 0 spiro atoms. The van der Waals surface area contributed by atoms with E-state index >= 15 is 0 Å². The van der Waals surface area contributed by atoms with Gasteiger partial charge in [0.05, 0.1) is 37.4 Å². The average Bonchev–Trinajstić information content (AvgIpc) is 3.19. The van der Waals surface area contributed by atoms with Crippen LogP contribution in [0.2, 0.25) is 10.0 Å². The van der Waals surface area contributed by atoms with Gasteiger partial charge in [0.2, 0.25) is 5.91 Å². The first-order valence-corrected chi connectivity index (χ1v) is 10.7. The van der Waals surface area contributed by atoms with Crippen molar-refractivity contribution in [1.29, 1.82) is 0 Å². The number of anilines is 1. The van der Waals surface area contributed by atoms with Gasteiger partial charge in [-0.25, -0.2) is 0 Å². The number of ether oxygens (including phenoxy) is 3. The Bertz CT molecular complexity index is 1130. The van der Waals surface area contributed by atoms with Crippen molar-refractivity contribution in [3.8, 4) is 11.5 Å². The fourth-order valence-electron chi connectivity index (χ4n) is 3.17. The molecule has 3 rings (SSSR count). The molecule has 0 unspecified atom stereocenters. The van der Waals surface area contributed by atoms with Gasteiger partial charge in [0.15, 0.2) is 18.1 Å². The van der Waals surface area contributed by atoms with Crippen LogP contribution in [0.1, 0.15) is 16.8 Å². The highest BCUT2D eigenvalue weighted by Crippen LogP contribution is 2.28. The molecule has 0 radical (unpaired) electrons. The summed E-state index contributed by atoms with van der Waals surface area (Å²) in [5.74, 6) is -2.46. The summed E-state index contributed by atoms with van der Waals surface area (Å²) in [5, 5.41) is 4.17. The van der Waals surface area contributed by atoms with Crippen molar-refractivity contribution in [2.24, 2.45) is 5.92 Å². The fraction of sp³-hybridized carbons (Fsp3) is 0.273. The first-order chi connectivity index (χ1) is 16.2. The van der Waals surface area contributed by atoms with Crippen molar-refractivity contribution >= 4 is 52.6 Å². The molecule has 2 aromatic carbocycles. The smallest absolute Gasteiger partial charge is 0.311 e. The number of halogens is 2. The molecular formula is C22H21Cl2N3O7. The van der Waals surface area contributed by atoms with Crippen molar-refractivity contribution in [1.82, 2.24) is 10.4 Å². The standard InChI is InChI=1S/C22H21Cl2N3O7/c1-32-17-6-3-12(7-18(17)33-2)21(30)26-27-10-13(8-20(27)29)22(31)34-11-19(28)25-16-9-14(23)4-5-15(16)24/h3-7,9,13H,8,10-11H2,1-2H3,(H,25,28)(H,26,30)/t13-/m1/s1. The van der Waals surface area contributed by atoms with Gasteiger partial charge in [0.1, 0.15) is 0 Å². The Morgan fingerprint density at radius 1 is 1.06 bits per heavy atom. The van der Waals surface area contributed by atoms with E-state index in [0.717, 1.165) is 5.01 Å². The maximum atomic E-state index is 12.5. The molecule has 12 heteroatoms. The molecule has 3 amide bonds. The summed E-state index contributed by atoms with van der Waals surface area (Å²) >= 11 is 11.9. The largest absolute Gasteiger partial charge is 0.493 e. The van der Waals surface area contributed by atoms with E-state index < -0.39 is 36.2 Å². The number of amides is 3. The van der Waals surface area contributed by atoms with Gasteiger partial charge in [-0.05, 0) is 36.4 Å². The van der Waals surface area contributed by atoms with E-state index in [4.69, 9.17) is 37.4 Å². The lowest BCUT2D eigenvalue weighted by Crippen LogP contribution is -2.43. The Hall–Kier alpha value is -3.50. The molecular weight excluding hydrogens is 489 g/mol. The number of methoxy groups -OCH3 is 2. The molecule has 2 aromatic rings. The predicted molar refractivity (Wildman–Crippen MR) is 123 cm³/mol. The van der Waals surface area contributed by atoms with Crippen molar-refractivity contribution in [2.45, 2.75) is 6.42 Å². The molecule has 2 N–H and O–H groups in total. The van der Waals surface area contributed by atoms with Gasteiger partial charge < -0.3 is 19.5 Å². The molecule has 1 aliphatic rings. The van der Waals surface area contributed by atoms with Gasteiger partial charge in [0, 0.05) is 17.0 Å².